The Morgan fingerprint density at radius 3 is 2.54 bits per heavy atom. The molecule has 0 heterocycles. The van der Waals surface area contributed by atoms with Crippen molar-refractivity contribution in [1.29, 1.82) is 0 Å². The zero-order valence-corrected chi connectivity index (χ0v) is 10.1. The van der Waals surface area contributed by atoms with Crippen LogP contribution in [0, 0.1) is 0 Å². The quantitative estimate of drug-likeness (QED) is 0.531. The van der Waals surface area contributed by atoms with Gasteiger partial charge in [0.15, 0.2) is 0 Å². The van der Waals surface area contributed by atoms with Crippen LogP contribution in [0.4, 0.5) is 0 Å². The van der Waals surface area contributed by atoms with Crippen molar-refractivity contribution in [3.63, 3.8) is 0 Å². The summed E-state index contributed by atoms with van der Waals surface area (Å²) in [5, 5.41) is 0. The first kappa shape index (κ1) is 12.9. The highest BCUT2D eigenvalue weighted by atomic mass is 79.9. The number of hydrogen-bond donors (Lipinski definition) is 0. The lowest BCUT2D eigenvalue weighted by atomic mass is 10.4. The molecule has 0 aliphatic rings. The number of hydrogen-bond acceptors (Lipinski definition) is 2. The normalized spacial score (nSPS) is 12.6. The van der Waals surface area contributed by atoms with Crippen molar-refractivity contribution in [3.05, 3.63) is 0 Å². The zero-order valence-electron chi connectivity index (χ0n) is 8.55. The molecule has 0 aliphatic carbocycles. The largest absolute Gasteiger partial charge is 0.380 e. The summed E-state index contributed by atoms with van der Waals surface area (Å²) in [6, 6.07) is 0. The van der Waals surface area contributed by atoms with Gasteiger partial charge in [0.2, 0.25) is 5.91 Å². The minimum atomic E-state index is -0.103. The Balaban J connectivity index is 3.81. The SMILES string of the molecule is CCOCCN(CC)C(=O)C(C)Br. The molecule has 0 saturated heterocycles. The first-order valence-corrected chi connectivity index (χ1v) is 5.55. The minimum absolute atomic E-state index is 0.103. The van der Waals surface area contributed by atoms with Gasteiger partial charge in [0, 0.05) is 19.7 Å². The Morgan fingerprint density at radius 2 is 2.15 bits per heavy atom. The molecule has 78 valence electrons. The van der Waals surface area contributed by atoms with Crippen molar-refractivity contribution in [2.75, 3.05) is 26.3 Å². The molecular formula is C9H18BrNO2. The van der Waals surface area contributed by atoms with E-state index in [0.717, 1.165) is 6.54 Å². The van der Waals surface area contributed by atoms with E-state index < -0.39 is 0 Å². The Morgan fingerprint density at radius 1 is 1.54 bits per heavy atom. The van der Waals surface area contributed by atoms with E-state index in [4.69, 9.17) is 4.74 Å². The highest BCUT2D eigenvalue weighted by Crippen LogP contribution is 2.03. The van der Waals surface area contributed by atoms with Crippen LogP contribution in [0.3, 0.4) is 0 Å². The topological polar surface area (TPSA) is 29.5 Å². The number of rotatable bonds is 6. The molecule has 0 aromatic carbocycles. The van der Waals surface area contributed by atoms with Crippen LogP contribution in [0.25, 0.3) is 0 Å². The van der Waals surface area contributed by atoms with Crippen LogP contribution in [0.5, 0.6) is 0 Å². The Labute approximate surface area is 88.6 Å². The third-order valence-electron chi connectivity index (χ3n) is 1.74. The number of halogens is 1. The van der Waals surface area contributed by atoms with E-state index in [9.17, 15) is 4.79 Å². The predicted molar refractivity (Wildman–Crippen MR) is 57.1 cm³/mol. The van der Waals surface area contributed by atoms with E-state index in [1.54, 1.807) is 4.90 Å². The van der Waals surface area contributed by atoms with Gasteiger partial charge >= 0.3 is 0 Å². The second kappa shape index (κ2) is 7.33. The average Bonchev–Trinajstić information content (AvgIpc) is 2.11. The lowest BCUT2D eigenvalue weighted by Gasteiger charge is -2.21. The maximum Gasteiger partial charge on any atom is 0.236 e. The standard InChI is InChI=1S/C9H18BrNO2/c1-4-11(6-7-13-5-2)9(12)8(3)10/h8H,4-7H2,1-3H3. The fraction of sp³-hybridized carbons (Fsp3) is 0.889. The maximum absolute atomic E-state index is 11.5. The van der Waals surface area contributed by atoms with Gasteiger partial charge in [0.1, 0.15) is 0 Å². The number of amides is 1. The summed E-state index contributed by atoms with van der Waals surface area (Å²) in [6.45, 7) is 8.50. The number of carbonyl (C=O) groups is 1. The molecule has 0 spiro atoms. The molecule has 0 aromatic rings. The molecule has 1 amide bonds. The third kappa shape index (κ3) is 5.26. The van der Waals surface area contributed by atoms with Gasteiger partial charge in [0.05, 0.1) is 11.4 Å². The molecule has 0 fully saturated rings. The fourth-order valence-electron chi connectivity index (χ4n) is 0.995. The predicted octanol–water partition coefficient (Wildman–Crippen LogP) is 1.65. The number of carbonyl (C=O) groups excluding carboxylic acids is 1. The average molecular weight is 252 g/mol. The van der Waals surface area contributed by atoms with Crippen molar-refractivity contribution in [2.24, 2.45) is 0 Å². The molecule has 0 N–H and O–H groups in total. The van der Waals surface area contributed by atoms with Gasteiger partial charge in [-0.1, -0.05) is 15.9 Å². The smallest absolute Gasteiger partial charge is 0.236 e. The zero-order chi connectivity index (χ0) is 10.3. The monoisotopic (exact) mass is 251 g/mol. The third-order valence-corrected chi connectivity index (χ3v) is 2.14. The first-order chi connectivity index (χ1) is 6.13. The van der Waals surface area contributed by atoms with Crippen LogP contribution in [0.1, 0.15) is 20.8 Å². The van der Waals surface area contributed by atoms with Crippen molar-refractivity contribution in [1.82, 2.24) is 4.90 Å². The number of likely N-dealkylation sites (N-methyl/N-ethyl adjacent to an activating group) is 1. The summed E-state index contributed by atoms with van der Waals surface area (Å²) < 4.78 is 5.19. The molecule has 1 atom stereocenters. The molecule has 0 bridgehead atoms. The Bertz CT molecular complexity index is 151. The second-order valence-corrected chi connectivity index (χ2v) is 4.10. The summed E-state index contributed by atoms with van der Waals surface area (Å²) in [5.74, 6) is 0.127. The van der Waals surface area contributed by atoms with E-state index in [1.807, 2.05) is 20.8 Å². The van der Waals surface area contributed by atoms with Crippen molar-refractivity contribution in [3.8, 4) is 0 Å². The van der Waals surface area contributed by atoms with Gasteiger partial charge in [-0.25, -0.2) is 0 Å². The highest BCUT2D eigenvalue weighted by molar-refractivity contribution is 9.10. The maximum atomic E-state index is 11.5. The van der Waals surface area contributed by atoms with Crippen molar-refractivity contribution in [2.45, 2.75) is 25.6 Å². The van der Waals surface area contributed by atoms with E-state index in [-0.39, 0.29) is 10.7 Å². The van der Waals surface area contributed by atoms with Gasteiger partial charge < -0.3 is 9.64 Å². The van der Waals surface area contributed by atoms with E-state index in [0.29, 0.717) is 19.8 Å². The van der Waals surface area contributed by atoms with Gasteiger partial charge in [-0.3, -0.25) is 4.79 Å². The van der Waals surface area contributed by atoms with Crippen LogP contribution in [-0.2, 0) is 9.53 Å². The molecule has 0 aromatic heterocycles. The minimum Gasteiger partial charge on any atom is -0.380 e. The van der Waals surface area contributed by atoms with Crippen molar-refractivity contribution < 1.29 is 9.53 Å². The first-order valence-electron chi connectivity index (χ1n) is 4.64. The van der Waals surface area contributed by atoms with Gasteiger partial charge in [-0.2, -0.15) is 0 Å². The lowest BCUT2D eigenvalue weighted by Crippen LogP contribution is -2.37. The molecular weight excluding hydrogens is 234 g/mol. The second-order valence-electron chi connectivity index (χ2n) is 2.73. The number of ether oxygens (including phenoxy) is 1. The molecule has 4 heteroatoms. The van der Waals surface area contributed by atoms with Gasteiger partial charge in [-0.15, -0.1) is 0 Å². The number of nitrogens with zero attached hydrogens (tertiary/aromatic N) is 1. The summed E-state index contributed by atoms with van der Waals surface area (Å²) in [7, 11) is 0. The molecule has 0 rings (SSSR count). The Kier molecular flexibility index (Phi) is 7.28. The fourth-order valence-corrected chi connectivity index (χ4v) is 1.28. The molecule has 0 saturated carbocycles. The van der Waals surface area contributed by atoms with Crippen LogP contribution < -0.4 is 0 Å². The molecule has 1 unspecified atom stereocenters. The van der Waals surface area contributed by atoms with Crippen molar-refractivity contribution >= 4 is 21.8 Å². The van der Waals surface area contributed by atoms with Crippen LogP contribution in [0.2, 0.25) is 0 Å². The number of alkyl halides is 1. The Hall–Kier alpha value is -0.0900. The van der Waals surface area contributed by atoms with Gasteiger partial charge in [0.25, 0.3) is 0 Å². The van der Waals surface area contributed by atoms with Crippen LogP contribution in [-0.4, -0.2) is 41.9 Å². The van der Waals surface area contributed by atoms with E-state index >= 15 is 0 Å². The molecule has 0 aliphatic heterocycles. The van der Waals surface area contributed by atoms with Crippen LogP contribution in [0.15, 0.2) is 0 Å². The summed E-state index contributed by atoms with van der Waals surface area (Å²) in [5.41, 5.74) is 0. The van der Waals surface area contributed by atoms with E-state index in [1.165, 1.54) is 0 Å². The lowest BCUT2D eigenvalue weighted by molar-refractivity contribution is -0.130. The summed E-state index contributed by atoms with van der Waals surface area (Å²) in [4.78, 5) is 13.2. The summed E-state index contributed by atoms with van der Waals surface area (Å²) in [6.07, 6.45) is 0. The van der Waals surface area contributed by atoms with E-state index in [2.05, 4.69) is 15.9 Å². The molecule has 3 nitrogen and oxygen atoms in total. The summed E-state index contributed by atoms with van der Waals surface area (Å²) >= 11 is 3.26. The highest BCUT2D eigenvalue weighted by Gasteiger charge is 2.15. The van der Waals surface area contributed by atoms with Crippen LogP contribution >= 0.6 is 15.9 Å². The van der Waals surface area contributed by atoms with Gasteiger partial charge in [-0.05, 0) is 20.8 Å². The molecule has 0 radical (unpaired) electrons. The molecule has 13 heavy (non-hydrogen) atoms.